The Balaban J connectivity index is 1.28. The van der Waals surface area contributed by atoms with Crippen LogP contribution >= 0.6 is 11.8 Å². The number of carbonyl (C=O) groups is 1. The van der Waals surface area contributed by atoms with Crippen molar-refractivity contribution in [2.45, 2.75) is 19.3 Å². The molecule has 3 aromatic rings. The van der Waals surface area contributed by atoms with E-state index < -0.39 is 0 Å². The number of piperidine rings is 1. The van der Waals surface area contributed by atoms with Crippen LogP contribution in [0.3, 0.4) is 0 Å². The lowest BCUT2D eigenvalue weighted by Crippen LogP contribution is -2.44. The number of piperazine rings is 1. The molecule has 6 rings (SSSR count). The molecule has 1 amide bonds. The van der Waals surface area contributed by atoms with E-state index in [1.54, 1.807) is 6.07 Å². The largest absolute Gasteiger partial charge is 0.367 e. The molecule has 4 heterocycles. The van der Waals surface area contributed by atoms with E-state index in [0.717, 1.165) is 73.7 Å². The van der Waals surface area contributed by atoms with Crippen LogP contribution in [0.5, 0.6) is 0 Å². The van der Waals surface area contributed by atoms with Crippen LogP contribution in [0, 0.1) is 5.82 Å². The lowest BCUT2D eigenvalue weighted by atomic mass is 10.0. The average Bonchev–Trinajstić information content (AvgIpc) is 3.29. The second-order valence-electron chi connectivity index (χ2n) is 9.81. The van der Waals surface area contributed by atoms with Crippen LogP contribution in [-0.4, -0.2) is 77.2 Å². The standard InChI is InChI=1S/C28H29FN6OS/c1-33-11-13-34(14-12-33)24-8-6-20(17-22(24)29)26-21-15-19(5-7-23(21)30-18-31-26)16-25-27(36)32-28(37-25)35-9-3-2-4-10-35/h5-8,15-18H,2-4,9-14H2,1H3. The Labute approximate surface area is 220 Å². The molecule has 190 valence electrons. The monoisotopic (exact) mass is 516 g/mol. The summed E-state index contributed by atoms with van der Waals surface area (Å²) >= 11 is 1.44. The summed E-state index contributed by atoms with van der Waals surface area (Å²) in [6.07, 6.45) is 6.89. The Morgan fingerprint density at radius 3 is 2.51 bits per heavy atom. The highest BCUT2D eigenvalue weighted by atomic mass is 32.2. The predicted octanol–water partition coefficient (Wildman–Crippen LogP) is 4.64. The molecule has 0 atom stereocenters. The zero-order valence-corrected chi connectivity index (χ0v) is 21.7. The van der Waals surface area contributed by atoms with Gasteiger partial charge in [-0.1, -0.05) is 12.1 Å². The molecule has 2 saturated heterocycles. The fourth-order valence-electron chi connectivity index (χ4n) is 5.12. The van der Waals surface area contributed by atoms with E-state index in [1.165, 1.54) is 24.5 Å². The summed E-state index contributed by atoms with van der Waals surface area (Å²) in [6.45, 7) is 5.35. The minimum atomic E-state index is -0.248. The zero-order valence-electron chi connectivity index (χ0n) is 20.9. The first-order valence-electron chi connectivity index (χ1n) is 12.8. The normalized spacial score (nSPS) is 20.2. The number of amides is 1. The molecule has 2 aromatic carbocycles. The number of fused-ring (bicyclic) bond motifs is 1. The molecule has 1 aromatic heterocycles. The Kier molecular flexibility index (Phi) is 6.65. The van der Waals surface area contributed by atoms with Crippen LogP contribution in [0.1, 0.15) is 24.8 Å². The second kappa shape index (κ2) is 10.2. The summed E-state index contributed by atoms with van der Waals surface area (Å²) in [7, 11) is 2.09. The number of aliphatic imine (C=N–C) groups is 1. The molecule has 0 N–H and O–H groups in total. The molecular weight excluding hydrogens is 487 g/mol. The molecule has 2 fully saturated rings. The van der Waals surface area contributed by atoms with Crippen LogP contribution in [-0.2, 0) is 4.79 Å². The number of halogens is 1. The highest BCUT2D eigenvalue weighted by Gasteiger charge is 2.27. The van der Waals surface area contributed by atoms with Gasteiger partial charge in [-0.25, -0.2) is 14.4 Å². The first-order chi connectivity index (χ1) is 18.0. The molecule has 37 heavy (non-hydrogen) atoms. The molecule has 7 nitrogen and oxygen atoms in total. The number of carbonyl (C=O) groups excluding carboxylic acids is 1. The molecular formula is C28H29FN6OS. The van der Waals surface area contributed by atoms with E-state index in [-0.39, 0.29) is 11.7 Å². The first kappa shape index (κ1) is 24.1. The van der Waals surface area contributed by atoms with Gasteiger partial charge in [0.15, 0.2) is 5.17 Å². The minimum Gasteiger partial charge on any atom is -0.367 e. The summed E-state index contributed by atoms with van der Waals surface area (Å²) in [5.41, 5.74) is 3.64. The van der Waals surface area contributed by atoms with Crippen LogP contribution in [0.15, 0.2) is 52.6 Å². The number of aromatic nitrogens is 2. The highest BCUT2D eigenvalue weighted by molar-refractivity contribution is 8.18. The van der Waals surface area contributed by atoms with Gasteiger partial charge in [0, 0.05) is 50.2 Å². The van der Waals surface area contributed by atoms with Gasteiger partial charge < -0.3 is 14.7 Å². The van der Waals surface area contributed by atoms with Gasteiger partial charge in [-0.3, -0.25) is 4.79 Å². The first-order valence-corrected chi connectivity index (χ1v) is 13.6. The summed E-state index contributed by atoms with van der Waals surface area (Å²) in [4.78, 5) is 33.0. The van der Waals surface area contributed by atoms with Crippen molar-refractivity contribution in [1.29, 1.82) is 0 Å². The maximum atomic E-state index is 15.2. The maximum Gasteiger partial charge on any atom is 0.286 e. The van der Waals surface area contributed by atoms with Gasteiger partial charge >= 0.3 is 0 Å². The number of nitrogens with zero attached hydrogens (tertiary/aromatic N) is 6. The third-order valence-electron chi connectivity index (χ3n) is 7.26. The third kappa shape index (κ3) is 4.98. The number of benzene rings is 2. The molecule has 0 unspecified atom stereocenters. The number of likely N-dealkylation sites (tertiary alicyclic amines) is 1. The van der Waals surface area contributed by atoms with Gasteiger partial charge in [0.2, 0.25) is 0 Å². The van der Waals surface area contributed by atoms with Gasteiger partial charge in [-0.15, -0.1) is 0 Å². The summed E-state index contributed by atoms with van der Waals surface area (Å²) < 4.78 is 15.2. The maximum absolute atomic E-state index is 15.2. The SMILES string of the molecule is CN1CCN(c2ccc(-c3ncnc4ccc(C=C5SC(N6CCCCC6)=NC5=O)cc34)cc2F)CC1. The van der Waals surface area contributed by atoms with Crippen LogP contribution in [0.2, 0.25) is 0 Å². The molecule has 9 heteroatoms. The van der Waals surface area contributed by atoms with Crippen LogP contribution < -0.4 is 4.90 Å². The van der Waals surface area contributed by atoms with E-state index in [9.17, 15) is 4.79 Å². The number of hydrogen-bond donors (Lipinski definition) is 0. The second-order valence-corrected chi connectivity index (χ2v) is 10.8. The third-order valence-corrected chi connectivity index (χ3v) is 8.30. The minimum absolute atomic E-state index is 0.197. The Bertz CT molecular complexity index is 1410. The summed E-state index contributed by atoms with van der Waals surface area (Å²) in [6, 6.07) is 11.2. The molecule has 3 aliphatic rings. The summed E-state index contributed by atoms with van der Waals surface area (Å²) in [5.74, 6) is -0.445. The fourth-order valence-corrected chi connectivity index (χ4v) is 6.09. The van der Waals surface area contributed by atoms with E-state index in [0.29, 0.717) is 21.8 Å². The molecule has 3 aliphatic heterocycles. The van der Waals surface area contributed by atoms with Crippen molar-refractivity contribution in [2.75, 3.05) is 51.2 Å². The van der Waals surface area contributed by atoms with Gasteiger partial charge in [0.25, 0.3) is 5.91 Å². The average molecular weight is 517 g/mol. The molecule has 0 saturated carbocycles. The smallest absolute Gasteiger partial charge is 0.286 e. The lowest BCUT2D eigenvalue weighted by Gasteiger charge is -2.34. The number of anilines is 1. The lowest BCUT2D eigenvalue weighted by molar-refractivity contribution is -0.113. The number of rotatable bonds is 3. The molecule has 0 bridgehead atoms. The number of thioether (sulfide) groups is 1. The summed E-state index contributed by atoms with van der Waals surface area (Å²) in [5, 5.41) is 1.62. The van der Waals surface area contributed by atoms with E-state index in [1.807, 2.05) is 36.4 Å². The van der Waals surface area contributed by atoms with Crippen LogP contribution in [0.4, 0.5) is 10.1 Å². The van der Waals surface area contributed by atoms with Crippen molar-refractivity contribution in [1.82, 2.24) is 19.8 Å². The van der Waals surface area contributed by atoms with E-state index in [2.05, 4.69) is 36.7 Å². The number of hydrogen-bond acceptors (Lipinski definition) is 7. The Morgan fingerprint density at radius 2 is 1.73 bits per heavy atom. The molecule has 0 spiro atoms. The van der Waals surface area contributed by atoms with Gasteiger partial charge in [-0.2, -0.15) is 4.99 Å². The van der Waals surface area contributed by atoms with Gasteiger partial charge in [0.1, 0.15) is 12.1 Å². The Morgan fingerprint density at radius 1 is 0.919 bits per heavy atom. The number of likely N-dealkylation sites (N-methyl/N-ethyl adjacent to an activating group) is 1. The fraction of sp³-hybridized carbons (Fsp3) is 0.357. The van der Waals surface area contributed by atoms with Crippen molar-refractivity contribution >= 4 is 45.5 Å². The van der Waals surface area contributed by atoms with Gasteiger partial charge in [0.05, 0.1) is 21.8 Å². The van der Waals surface area contributed by atoms with E-state index >= 15 is 4.39 Å². The van der Waals surface area contributed by atoms with Crippen molar-refractivity contribution in [3.63, 3.8) is 0 Å². The number of amidine groups is 1. The van der Waals surface area contributed by atoms with Gasteiger partial charge in [-0.05, 0) is 74.0 Å². The van der Waals surface area contributed by atoms with Crippen molar-refractivity contribution in [3.8, 4) is 11.3 Å². The van der Waals surface area contributed by atoms with Crippen molar-refractivity contribution < 1.29 is 9.18 Å². The highest BCUT2D eigenvalue weighted by Crippen LogP contribution is 2.34. The van der Waals surface area contributed by atoms with Crippen LogP contribution in [0.25, 0.3) is 28.2 Å². The zero-order chi connectivity index (χ0) is 25.4. The topological polar surface area (TPSA) is 64.9 Å². The van der Waals surface area contributed by atoms with E-state index in [4.69, 9.17) is 0 Å². The van der Waals surface area contributed by atoms with Crippen molar-refractivity contribution in [2.24, 2.45) is 4.99 Å². The predicted molar refractivity (Wildman–Crippen MR) is 148 cm³/mol. The molecule has 0 aliphatic carbocycles. The Hall–Kier alpha value is -3.30. The molecule has 0 radical (unpaired) electrons. The van der Waals surface area contributed by atoms with Crippen molar-refractivity contribution in [3.05, 3.63) is 59.0 Å². The quantitative estimate of drug-likeness (QED) is 0.470.